The Hall–Kier alpha value is -1.59. The highest BCUT2D eigenvalue weighted by Gasteiger charge is 2.32. The highest BCUT2D eigenvalue weighted by Crippen LogP contribution is 2.18. The van der Waals surface area contributed by atoms with E-state index in [1.807, 2.05) is 13.8 Å². The number of nitrogens with one attached hydrogen (secondary N) is 2. The molecule has 8 heteroatoms. The van der Waals surface area contributed by atoms with Gasteiger partial charge in [0.2, 0.25) is 10.0 Å². The van der Waals surface area contributed by atoms with Gasteiger partial charge in [0.05, 0.1) is 31.1 Å². The van der Waals surface area contributed by atoms with Gasteiger partial charge in [0, 0.05) is 5.02 Å². The van der Waals surface area contributed by atoms with Crippen molar-refractivity contribution >= 4 is 27.5 Å². The van der Waals surface area contributed by atoms with Crippen molar-refractivity contribution in [2.24, 2.45) is 0 Å². The first-order valence-electron chi connectivity index (χ1n) is 9.14. The second kappa shape index (κ2) is 9.07. The zero-order valence-corrected chi connectivity index (χ0v) is 17.4. The number of amides is 1. The number of carbonyl (C=O) groups is 1. The van der Waals surface area contributed by atoms with E-state index in [0.717, 1.165) is 4.90 Å². The van der Waals surface area contributed by atoms with Gasteiger partial charge >= 0.3 is 0 Å². The highest BCUT2D eigenvalue weighted by atomic mass is 35.5. The van der Waals surface area contributed by atoms with Crippen LogP contribution in [0.25, 0.3) is 0 Å². The first-order valence-corrected chi connectivity index (χ1v) is 11.0. The standard InChI is InChI=1S/C19H26ClN3O3S/c1-4-19(5-2,6-3)21-18(24)15-22-11-13-23(14-12-22)27(25,26)17-9-7-16(20)8-10-17/h1,7-10H,5-6,11-15H2,2-3H3,(H,21,24)/p+1. The normalized spacial score (nSPS) is 16.7. The number of halogens is 1. The van der Waals surface area contributed by atoms with Gasteiger partial charge in [0.1, 0.15) is 5.54 Å². The van der Waals surface area contributed by atoms with Gasteiger partial charge in [-0.2, -0.15) is 4.31 Å². The van der Waals surface area contributed by atoms with E-state index in [1.54, 1.807) is 12.1 Å². The molecule has 1 aromatic carbocycles. The molecule has 2 N–H and O–H groups in total. The zero-order valence-electron chi connectivity index (χ0n) is 15.8. The van der Waals surface area contributed by atoms with Gasteiger partial charge < -0.3 is 10.2 Å². The van der Waals surface area contributed by atoms with Crippen LogP contribution < -0.4 is 10.2 Å². The van der Waals surface area contributed by atoms with Crippen LogP contribution in [-0.4, -0.2) is 56.9 Å². The van der Waals surface area contributed by atoms with Crippen LogP contribution in [0.5, 0.6) is 0 Å². The Kier molecular flexibility index (Phi) is 7.29. The molecule has 1 aromatic rings. The maximum atomic E-state index is 12.7. The number of hydrogen-bond donors (Lipinski definition) is 2. The van der Waals surface area contributed by atoms with E-state index in [-0.39, 0.29) is 17.3 Å². The van der Waals surface area contributed by atoms with Crippen molar-refractivity contribution < 1.29 is 18.1 Å². The summed E-state index contributed by atoms with van der Waals surface area (Å²) in [7, 11) is -3.54. The topological polar surface area (TPSA) is 70.9 Å². The number of piperazine rings is 1. The second-order valence-electron chi connectivity index (χ2n) is 6.77. The van der Waals surface area contributed by atoms with Crippen LogP contribution in [0.2, 0.25) is 5.02 Å². The van der Waals surface area contributed by atoms with E-state index in [9.17, 15) is 13.2 Å². The molecule has 0 aromatic heterocycles. The highest BCUT2D eigenvalue weighted by molar-refractivity contribution is 7.89. The molecule has 1 fully saturated rings. The Labute approximate surface area is 166 Å². The average Bonchev–Trinajstić information content (AvgIpc) is 2.67. The van der Waals surface area contributed by atoms with Crippen LogP contribution in [0.3, 0.4) is 0 Å². The van der Waals surface area contributed by atoms with Crippen LogP contribution in [0.1, 0.15) is 26.7 Å². The van der Waals surface area contributed by atoms with Gasteiger partial charge in [0.15, 0.2) is 6.54 Å². The summed E-state index contributed by atoms with van der Waals surface area (Å²) in [6.07, 6.45) is 6.94. The number of nitrogens with zero attached hydrogens (tertiary/aromatic N) is 1. The summed E-state index contributed by atoms with van der Waals surface area (Å²) in [4.78, 5) is 13.6. The summed E-state index contributed by atoms with van der Waals surface area (Å²) in [6, 6.07) is 6.16. The molecule has 0 radical (unpaired) electrons. The monoisotopic (exact) mass is 412 g/mol. The maximum Gasteiger partial charge on any atom is 0.276 e. The predicted molar refractivity (Wildman–Crippen MR) is 106 cm³/mol. The van der Waals surface area contributed by atoms with Crippen molar-refractivity contribution in [1.82, 2.24) is 9.62 Å². The molecule has 2 rings (SSSR count). The van der Waals surface area contributed by atoms with Crippen molar-refractivity contribution in [3.05, 3.63) is 29.3 Å². The minimum atomic E-state index is -3.54. The van der Waals surface area contributed by atoms with Crippen LogP contribution >= 0.6 is 11.6 Å². The Balaban J connectivity index is 1.92. The smallest absolute Gasteiger partial charge is 0.276 e. The molecule has 1 amide bonds. The number of carbonyl (C=O) groups excluding carboxylic acids is 1. The fourth-order valence-electron chi connectivity index (χ4n) is 3.18. The number of rotatable bonds is 7. The van der Waals surface area contributed by atoms with Crippen LogP contribution in [0.15, 0.2) is 29.2 Å². The van der Waals surface area contributed by atoms with E-state index in [2.05, 4.69) is 11.2 Å². The summed E-state index contributed by atoms with van der Waals surface area (Å²) in [5.41, 5.74) is -0.601. The lowest BCUT2D eigenvalue weighted by Crippen LogP contribution is -3.16. The number of hydrogen-bond acceptors (Lipinski definition) is 3. The molecule has 1 saturated heterocycles. The third-order valence-electron chi connectivity index (χ3n) is 5.15. The quantitative estimate of drug-likeness (QED) is 0.642. The Morgan fingerprint density at radius 3 is 2.30 bits per heavy atom. The van der Waals surface area contributed by atoms with E-state index in [0.29, 0.717) is 44.0 Å². The Bertz CT molecular complexity index is 790. The van der Waals surface area contributed by atoms with Crippen LogP contribution in [0.4, 0.5) is 0 Å². The summed E-state index contributed by atoms with van der Waals surface area (Å²) in [6.45, 7) is 6.08. The number of sulfonamides is 1. The summed E-state index contributed by atoms with van der Waals surface area (Å²) in [5, 5.41) is 3.46. The Morgan fingerprint density at radius 2 is 1.81 bits per heavy atom. The summed E-state index contributed by atoms with van der Waals surface area (Å²) in [5.74, 6) is 2.60. The molecule has 0 unspecified atom stereocenters. The molecule has 0 bridgehead atoms. The fourth-order valence-corrected chi connectivity index (χ4v) is 4.75. The van der Waals surface area contributed by atoms with Crippen molar-refractivity contribution in [1.29, 1.82) is 0 Å². The number of benzene rings is 1. The summed E-state index contributed by atoms with van der Waals surface area (Å²) >= 11 is 5.83. The molecule has 0 saturated carbocycles. The fraction of sp³-hybridized carbons (Fsp3) is 0.526. The van der Waals surface area contributed by atoms with E-state index >= 15 is 0 Å². The third-order valence-corrected chi connectivity index (χ3v) is 7.32. The van der Waals surface area contributed by atoms with Crippen molar-refractivity contribution in [3.63, 3.8) is 0 Å². The molecular weight excluding hydrogens is 386 g/mol. The third kappa shape index (κ3) is 5.23. The lowest BCUT2D eigenvalue weighted by atomic mass is 9.94. The lowest BCUT2D eigenvalue weighted by Gasteiger charge is -2.32. The molecule has 1 heterocycles. The minimum Gasteiger partial charge on any atom is -0.335 e. The van der Waals surface area contributed by atoms with Crippen molar-refractivity contribution in [3.8, 4) is 12.3 Å². The minimum absolute atomic E-state index is 0.0966. The van der Waals surface area contributed by atoms with Crippen LogP contribution in [0, 0.1) is 12.3 Å². The lowest BCUT2D eigenvalue weighted by molar-refractivity contribution is -0.895. The molecule has 148 valence electrons. The molecule has 27 heavy (non-hydrogen) atoms. The number of quaternary nitrogens is 1. The zero-order chi connectivity index (χ0) is 20.1. The summed E-state index contributed by atoms with van der Waals surface area (Å²) < 4.78 is 26.9. The van der Waals surface area contributed by atoms with E-state index in [1.165, 1.54) is 16.4 Å². The molecule has 0 spiro atoms. The first-order chi connectivity index (χ1) is 12.8. The van der Waals surface area contributed by atoms with E-state index < -0.39 is 15.6 Å². The second-order valence-corrected chi connectivity index (χ2v) is 9.14. The first kappa shape index (κ1) is 21.7. The van der Waals surface area contributed by atoms with Gasteiger partial charge in [-0.05, 0) is 37.1 Å². The predicted octanol–water partition coefficient (Wildman–Crippen LogP) is 0.537. The van der Waals surface area contributed by atoms with Gasteiger partial charge in [-0.25, -0.2) is 8.42 Å². The van der Waals surface area contributed by atoms with Gasteiger partial charge in [-0.15, -0.1) is 6.42 Å². The largest absolute Gasteiger partial charge is 0.335 e. The van der Waals surface area contributed by atoms with Gasteiger partial charge in [0.25, 0.3) is 5.91 Å². The van der Waals surface area contributed by atoms with E-state index in [4.69, 9.17) is 18.0 Å². The van der Waals surface area contributed by atoms with Gasteiger partial charge in [-0.1, -0.05) is 31.4 Å². The average molecular weight is 413 g/mol. The molecule has 0 aliphatic carbocycles. The molecule has 0 atom stereocenters. The maximum absolute atomic E-state index is 12.7. The molecular formula is C19H27ClN3O3S+. The molecule has 1 aliphatic rings. The number of terminal acetylenes is 1. The van der Waals surface area contributed by atoms with Crippen molar-refractivity contribution in [2.75, 3.05) is 32.7 Å². The SMILES string of the molecule is C#CC(CC)(CC)NC(=O)C[NH+]1CCN(S(=O)(=O)c2ccc(Cl)cc2)CC1. The molecule has 6 nitrogen and oxygen atoms in total. The van der Waals surface area contributed by atoms with Crippen molar-refractivity contribution in [2.45, 2.75) is 37.1 Å². The Morgan fingerprint density at radius 1 is 1.26 bits per heavy atom. The van der Waals surface area contributed by atoms with Gasteiger partial charge in [-0.3, -0.25) is 4.79 Å². The van der Waals surface area contributed by atoms with Crippen LogP contribution in [-0.2, 0) is 14.8 Å². The molecule has 1 aliphatic heterocycles.